The number of hydrogen-bond donors (Lipinski definition) is 1. The van der Waals surface area contributed by atoms with Crippen molar-refractivity contribution in [3.05, 3.63) is 29.6 Å². The molecule has 1 aliphatic heterocycles. The van der Waals surface area contributed by atoms with E-state index in [1.54, 1.807) is 0 Å². The van der Waals surface area contributed by atoms with E-state index < -0.39 is 5.92 Å². The third kappa shape index (κ3) is 3.97. The largest absolute Gasteiger partial charge is 0.377 e. The van der Waals surface area contributed by atoms with Crippen molar-refractivity contribution in [1.82, 2.24) is 14.8 Å². The fraction of sp³-hybridized carbons (Fsp3) is 0.600. The van der Waals surface area contributed by atoms with Crippen LogP contribution in [0.2, 0.25) is 0 Å². The number of aromatic nitrogens is 3. The first kappa shape index (κ1) is 19.1. The third-order valence-corrected chi connectivity index (χ3v) is 5.67. The molecule has 3 heterocycles. The van der Waals surface area contributed by atoms with Gasteiger partial charge in [-0.1, -0.05) is 0 Å². The fourth-order valence-electron chi connectivity index (χ4n) is 3.80. The molecule has 0 atom stereocenters. The van der Waals surface area contributed by atoms with E-state index in [0.29, 0.717) is 37.9 Å². The summed E-state index contributed by atoms with van der Waals surface area (Å²) in [5, 5.41) is 7.93. The molecule has 1 saturated heterocycles. The SMILES string of the molecule is Cc1cc(C)n(-c2cc(N(C)C3COC3)cc(NC3CCC(F)(F)CC3)n2)n1. The van der Waals surface area contributed by atoms with E-state index >= 15 is 0 Å². The highest BCUT2D eigenvalue weighted by Gasteiger charge is 2.35. The Morgan fingerprint density at radius 1 is 1.18 bits per heavy atom. The summed E-state index contributed by atoms with van der Waals surface area (Å²) in [5.74, 6) is -1.12. The molecule has 2 aromatic heterocycles. The van der Waals surface area contributed by atoms with E-state index in [4.69, 9.17) is 9.72 Å². The number of aryl methyl sites for hydroxylation is 2. The van der Waals surface area contributed by atoms with E-state index in [9.17, 15) is 8.78 Å². The van der Waals surface area contributed by atoms with Crippen LogP contribution in [0.3, 0.4) is 0 Å². The van der Waals surface area contributed by atoms with Gasteiger partial charge in [0.05, 0.1) is 24.9 Å². The Kier molecular flexibility index (Phi) is 4.99. The van der Waals surface area contributed by atoms with Crippen molar-refractivity contribution in [2.75, 3.05) is 30.5 Å². The van der Waals surface area contributed by atoms with E-state index in [2.05, 4.69) is 15.3 Å². The van der Waals surface area contributed by atoms with Gasteiger partial charge in [-0.15, -0.1) is 0 Å². The van der Waals surface area contributed by atoms with Crippen LogP contribution in [0, 0.1) is 13.8 Å². The maximum Gasteiger partial charge on any atom is 0.248 e. The zero-order valence-electron chi connectivity index (χ0n) is 16.6. The van der Waals surface area contributed by atoms with Gasteiger partial charge in [-0.3, -0.25) is 0 Å². The Balaban J connectivity index is 1.63. The number of nitrogens with zero attached hydrogens (tertiary/aromatic N) is 4. The Labute approximate surface area is 163 Å². The number of hydrogen-bond acceptors (Lipinski definition) is 5. The minimum absolute atomic E-state index is 0.00743. The van der Waals surface area contributed by atoms with Gasteiger partial charge < -0.3 is 15.0 Å². The maximum absolute atomic E-state index is 13.5. The molecular formula is C20H27F2N5O. The van der Waals surface area contributed by atoms with Crippen LogP contribution >= 0.6 is 0 Å². The number of anilines is 2. The normalized spacial score (nSPS) is 20.0. The van der Waals surface area contributed by atoms with E-state index in [1.807, 2.05) is 43.8 Å². The van der Waals surface area contributed by atoms with E-state index in [-0.39, 0.29) is 18.9 Å². The summed E-state index contributed by atoms with van der Waals surface area (Å²) in [4.78, 5) is 6.92. The van der Waals surface area contributed by atoms with Gasteiger partial charge in [0.1, 0.15) is 5.82 Å². The molecule has 0 bridgehead atoms. The van der Waals surface area contributed by atoms with Crippen LogP contribution in [-0.4, -0.2) is 53.0 Å². The highest BCUT2D eigenvalue weighted by molar-refractivity contribution is 5.59. The summed E-state index contributed by atoms with van der Waals surface area (Å²) in [7, 11) is 2.04. The molecule has 1 N–H and O–H groups in total. The predicted octanol–water partition coefficient (Wildman–Crippen LogP) is 3.71. The number of ether oxygens (including phenoxy) is 1. The van der Waals surface area contributed by atoms with Crippen LogP contribution in [0.5, 0.6) is 0 Å². The van der Waals surface area contributed by atoms with Crippen molar-refractivity contribution >= 4 is 11.5 Å². The van der Waals surface area contributed by atoms with Gasteiger partial charge in [-0.05, 0) is 32.8 Å². The van der Waals surface area contributed by atoms with Crippen molar-refractivity contribution in [2.24, 2.45) is 0 Å². The lowest BCUT2D eigenvalue weighted by atomic mass is 9.92. The lowest BCUT2D eigenvalue weighted by Crippen LogP contribution is -2.47. The molecule has 1 saturated carbocycles. The quantitative estimate of drug-likeness (QED) is 0.842. The van der Waals surface area contributed by atoms with Crippen LogP contribution in [0.15, 0.2) is 18.2 Å². The van der Waals surface area contributed by atoms with Gasteiger partial charge in [-0.2, -0.15) is 5.10 Å². The Bertz CT molecular complexity index is 839. The zero-order chi connectivity index (χ0) is 19.9. The minimum atomic E-state index is -2.53. The standard InChI is InChI=1S/C20H27F2N5O/c1-13-8-14(2)27(25-13)19-10-16(26(3)17-11-28-12-17)9-18(24-19)23-15-4-6-20(21,22)7-5-15/h8-10,15,17H,4-7,11-12H2,1-3H3,(H,23,24). The molecule has 2 aliphatic rings. The molecule has 2 fully saturated rings. The van der Waals surface area contributed by atoms with Crippen LogP contribution < -0.4 is 10.2 Å². The monoisotopic (exact) mass is 391 g/mol. The Hall–Kier alpha value is -2.22. The van der Waals surface area contributed by atoms with Crippen molar-refractivity contribution < 1.29 is 13.5 Å². The predicted molar refractivity (Wildman–Crippen MR) is 105 cm³/mol. The molecule has 152 valence electrons. The second-order valence-corrected chi connectivity index (χ2v) is 7.98. The van der Waals surface area contributed by atoms with Crippen LogP contribution in [0.25, 0.3) is 5.82 Å². The number of nitrogens with one attached hydrogen (secondary N) is 1. The molecular weight excluding hydrogens is 364 g/mol. The molecule has 8 heteroatoms. The topological polar surface area (TPSA) is 55.2 Å². The number of pyridine rings is 1. The number of halogens is 2. The number of likely N-dealkylation sites (N-methyl/N-ethyl adjacent to an activating group) is 1. The van der Waals surface area contributed by atoms with Gasteiger partial charge in [0.2, 0.25) is 5.92 Å². The fourth-order valence-corrected chi connectivity index (χ4v) is 3.80. The minimum Gasteiger partial charge on any atom is -0.377 e. The Morgan fingerprint density at radius 2 is 1.89 bits per heavy atom. The molecule has 0 amide bonds. The summed E-state index contributed by atoms with van der Waals surface area (Å²) in [5.41, 5.74) is 2.93. The summed E-state index contributed by atoms with van der Waals surface area (Å²) in [6, 6.07) is 6.34. The van der Waals surface area contributed by atoms with Crippen LogP contribution in [-0.2, 0) is 4.74 Å². The average molecular weight is 391 g/mol. The number of alkyl halides is 2. The smallest absolute Gasteiger partial charge is 0.248 e. The highest BCUT2D eigenvalue weighted by atomic mass is 19.3. The summed E-state index contributed by atoms with van der Waals surface area (Å²) in [6.45, 7) is 5.35. The average Bonchev–Trinajstić information content (AvgIpc) is 2.93. The van der Waals surface area contributed by atoms with Gasteiger partial charge in [0.25, 0.3) is 0 Å². The summed E-state index contributed by atoms with van der Waals surface area (Å²) in [6.07, 6.45) is 0.739. The van der Waals surface area contributed by atoms with Gasteiger partial charge in [-0.25, -0.2) is 18.4 Å². The van der Waals surface area contributed by atoms with Crippen molar-refractivity contribution in [2.45, 2.75) is 57.5 Å². The van der Waals surface area contributed by atoms with Crippen LogP contribution in [0.1, 0.15) is 37.1 Å². The Morgan fingerprint density at radius 3 is 2.46 bits per heavy atom. The molecule has 0 unspecified atom stereocenters. The highest BCUT2D eigenvalue weighted by Crippen LogP contribution is 2.34. The number of rotatable bonds is 5. The maximum atomic E-state index is 13.5. The first-order chi connectivity index (χ1) is 13.3. The van der Waals surface area contributed by atoms with Gasteiger partial charge >= 0.3 is 0 Å². The molecule has 0 radical (unpaired) electrons. The molecule has 6 nitrogen and oxygen atoms in total. The molecule has 0 spiro atoms. The van der Waals surface area contributed by atoms with Gasteiger partial charge in [0.15, 0.2) is 5.82 Å². The summed E-state index contributed by atoms with van der Waals surface area (Å²) < 4.78 is 34.1. The third-order valence-electron chi connectivity index (χ3n) is 5.67. The van der Waals surface area contributed by atoms with Crippen LogP contribution in [0.4, 0.5) is 20.3 Å². The van der Waals surface area contributed by atoms with Crippen molar-refractivity contribution in [1.29, 1.82) is 0 Å². The van der Waals surface area contributed by atoms with Gasteiger partial charge in [0, 0.05) is 49.4 Å². The first-order valence-corrected chi connectivity index (χ1v) is 9.81. The molecule has 2 aromatic rings. The van der Waals surface area contributed by atoms with E-state index in [1.165, 1.54) is 0 Å². The molecule has 4 rings (SSSR count). The summed E-state index contributed by atoms with van der Waals surface area (Å²) >= 11 is 0. The molecule has 1 aliphatic carbocycles. The lowest BCUT2D eigenvalue weighted by Gasteiger charge is -2.36. The lowest BCUT2D eigenvalue weighted by molar-refractivity contribution is -0.0361. The second-order valence-electron chi connectivity index (χ2n) is 7.98. The first-order valence-electron chi connectivity index (χ1n) is 9.81. The van der Waals surface area contributed by atoms with Crippen molar-refractivity contribution in [3.8, 4) is 5.82 Å². The zero-order valence-corrected chi connectivity index (χ0v) is 16.6. The van der Waals surface area contributed by atoms with Crippen molar-refractivity contribution in [3.63, 3.8) is 0 Å². The second kappa shape index (κ2) is 7.31. The van der Waals surface area contributed by atoms with E-state index in [0.717, 1.165) is 22.9 Å². The molecule has 28 heavy (non-hydrogen) atoms. The molecule has 0 aromatic carbocycles.